The Morgan fingerprint density at radius 3 is 1.84 bits per heavy atom. The first kappa shape index (κ1) is 27.7. The summed E-state index contributed by atoms with van der Waals surface area (Å²) in [6, 6.07) is -5.54. The van der Waals surface area contributed by atoms with Crippen molar-refractivity contribution in [2.45, 2.75) is 63.2 Å². The van der Waals surface area contributed by atoms with Gasteiger partial charge in [-0.25, -0.2) is 0 Å². The number of primary amides is 1. The molecule has 0 aliphatic rings. The second-order valence-corrected chi connectivity index (χ2v) is 6.85. The van der Waals surface area contributed by atoms with Gasteiger partial charge in [-0.2, -0.15) is 0 Å². The van der Waals surface area contributed by atoms with E-state index in [0.717, 1.165) is 6.92 Å². The topological polar surface area (TPSA) is 257 Å². The summed E-state index contributed by atoms with van der Waals surface area (Å²) >= 11 is 0. The van der Waals surface area contributed by atoms with E-state index in [9.17, 15) is 28.8 Å². The highest BCUT2D eigenvalue weighted by atomic mass is 16.4. The van der Waals surface area contributed by atoms with Crippen molar-refractivity contribution in [3.05, 3.63) is 0 Å². The first-order valence-corrected chi connectivity index (χ1v) is 9.48. The van der Waals surface area contributed by atoms with Crippen LogP contribution in [0.4, 0.5) is 0 Å². The molecule has 0 aromatic heterocycles. The largest absolute Gasteiger partial charge is 0.481 e. The third-order valence-electron chi connectivity index (χ3n) is 4.09. The number of amides is 4. The lowest BCUT2D eigenvalue weighted by atomic mass is 10.1. The van der Waals surface area contributed by atoms with E-state index in [1.54, 1.807) is 0 Å². The fourth-order valence-electron chi connectivity index (χ4n) is 2.36. The SMILES string of the molecule is CC(NC(=O)C(CC(N)=O)NC(=O)C(CC(=O)O)NC(=O)C(N)CCCCN)C(=O)O. The molecule has 14 heteroatoms. The second-order valence-electron chi connectivity index (χ2n) is 6.85. The highest BCUT2D eigenvalue weighted by Crippen LogP contribution is 2.02. The number of rotatable bonds is 15. The molecule has 0 radical (unpaired) electrons. The van der Waals surface area contributed by atoms with Gasteiger partial charge in [0.05, 0.1) is 18.9 Å². The number of hydrogen-bond acceptors (Lipinski definition) is 8. The maximum absolute atomic E-state index is 12.5. The summed E-state index contributed by atoms with van der Waals surface area (Å²) in [5, 5.41) is 24.3. The highest BCUT2D eigenvalue weighted by Gasteiger charge is 2.31. The summed E-state index contributed by atoms with van der Waals surface area (Å²) < 4.78 is 0. The Morgan fingerprint density at radius 1 is 0.839 bits per heavy atom. The lowest BCUT2D eigenvalue weighted by Gasteiger charge is -2.23. The molecule has 0 saturated heterocycles. The fraction of sp³-hybridized carbons (Fsp3) is 0.647. The van der Waals surface area contributed by atoms with Gasteiger partial charge in [0, 0.05) is 0 Å². The normalized spacial score (nSPS) is 14.4. The van der Waals surface area contributed by atoms with Crippen LogP contribution in [-0.2, 0) is 28.8 Å². The number of unbranched alkanes of at least 4 members (excludes halogenated alkanes) is 1. The average Bonchev–Trinajstić information content (AvgIpc) is 2.65. The quantitative estimate of drug-likeness (QED) is 0.114. The minimum atomic E-state index is -1.61. The van der Waals surface area contributed by atoms with Crippen LogP contribution in [0.15, 0.2) is 0 Å². The van der Waals surface area contributed by atoms with Crippen LogP contribution in [0.5, 0.6) is 0 Å². The summed E-state index contributed by atoms with van der Waals surface area (Å²) in [6.07, 6.45) is -0.0911. The molecule has 0 fully saturated rings. The number of nitrogens with one attached hydrogen (secondary N) is 3. The number of carboxylic acids is 2. The molecular weight excluding hydrogens is 416 g/mol. The maximum atomic E-state index is 12.5. The van der Waals surface area contributed by atoms with Crippen molar-refractivity contribution in [2.24, 2.45) is 17.2 Å². The third kappa shape index (κ3) is 11.5. The minimum absolute atomic E-state index is 0.254. The molecule has 4 unspecified atom stereocenters. The molecule has 31 heavy (non-hydrogen) atoms. The zero-order chi connectivity index (χ0) is 24.1. The summed E-state index contributed by atoms with van der Waals surface area (Å²) in [5.74, 6) is -6.67. The molecule has 176 valence electrons. The van der Waals surface area contributed by atoms with Gasteiger partial charge in [0.2, 0.25) is 23.6 Å². The van der Waals surface area contributed by atoms with Gasteiger partial charge in [0.1, 0.15) is 18.1 Å². The molecule has 11 N–H and O–H groups in total. The van der Waals surface area contributed by atoms with Crippen LogP contribution < -0.4 is 33.2 Å². The van der Waals surface area contributed by atoms with E-state index >= 15 is 0 Å². The molecule has 0 aliphatic heterocycles. The van der Waals surface area contributed by atoms with Crippen LogP contribution in [0.25, 0.3) is 0 Å². The number of carbonyl (C=O) groups is 6. The highest BCUT2D eigenvalue weighted by molar-refractivity contribution is 5.97. The van der Waals surface area contributed by atoms with E-state index < -0.39 is 72.6 Å². The predicted octanol–water partition coefficient (Wildman–Crippen LogP) is -3.65. The Morgan fingerprint density at radius 2 is 1.35 bits per heavy atom. The monoisotopic (exact) mass is 446 g/mol. The van der Waals surface area contributed by atoms with E-state index in [1.807, 2.05) is 0 Å². The van der Waals surface area contributed by atoms with E-state index in [0.29, 0.717) is 19.4 Å². The lowest BCUT2D eigenvalue weighted by molar-refractivity contribution is -0.143. The summed E-state index contributed by atoms with van der Waals surface area (Å²) in [7, 11) is 0. The van der Waals surface area contributed by atoms with Crippen molar-refractivity contribution in [1.29, 1.82) is 0 Å². The van der Waals surface area contributed by atoms with Crippen molar-refractivity contribution >= 4 is 35.6 Å². The number of carboxylic acid groups (broad SMARTS) is 2. The van der Waals surface area contributed by atoms with Gasteiger partial charge in [0.25, 0.3) is 0 Å². The first-order valence-electron chi connectivity index (χ1n) is 9.48. The third-order valence-corrected chi connectivity index (χ3v) is 4.09. The van der Waals surface area contributed by atoms with Gasteiger partial charge in [-0.3, -0.25) is 28.8 Å². The number of hydrogen-bond donors (Lipinski definition) is 8. The van der Waals surface area contributed by atoms with Crippen LogP contribution in [0.2, 0.25) is 0 Å². The minimum Gasteiger partial charge on any atom is -0.481 e. The van der Waals surface area contributed by atoms with E-state index in [1.165, 1.54) is 0 Å². The second kappa shape index (κ2) is 13.9. The zero-order valence-corrected chi connectivity index (χ0v) is 17.1. The molecule has 0 rings (SSSR count). The van der Waals surface area contributed by atoms with E-state index in [-0.39, 0.29) is 6.42 Å². The Balaban J connectivity index is 5.30. The molecule has 0 aliphatic carbocycles. The average molecular weight is 446 g/mol. The van der Waals surface area contributed by atoms with E-state index in [2.05, 4.69) is 16.0 Å². The fourth-order valence-corrected chi connectivity index (χ4v) is 2.36. The van der Waals surface area contributed by atoms with Crippen LogP contribution in [-0.4, -0.2) is 76.5 Å². The molecule has 0 saturated carbocycles. The summed E-state index contributed by atoms with van der Waals surface area (Å²) in [4.78, 5) is 70.2. The first-order chi connectivity index (χ1) is 14.4. The van der Waals surface area contributed by atoms with Gasteiger partial charge < -0.3 is 43.4 Å². The molecule has 0 bridgehead atoms. The predicted molar refractivity (Wildman–Crippen MR) is 106 cm³/mol. The van der Waals surface area contributed by atoms with Crippen LogP contribution >= 0.6 is 0 Å². The summed E-state index contributed by atoms with van der Waals surface area (Å²) in [6.45, 7) is 1.56. The number of aliphatic carboxylic acids is 2. The van der Waals surface area contributed by atoms with Crippen LogP contribution in [0, 0.1) is 0 Å². The Labute approximate surface area is 178 Å². The number of nitrogens with two attached hydrogens (primary N) is 3. The molecular formula is C17H30N6O8. The molecule has 0 spiro atoms. The van der Waals surface area contributed by atoms with Crippen molar-refractivity contribution in [3.8, 4) is 0 Å². The molecule has 0 heterocycles. The van der Waals surface area contributed by atoms with E-state index in [4.69, 9.17) is 27.4 Å². The lowest BCUT2D eigenvalue weighted by Crippen LogP contribution is -2.57. The van der Waals surface area contributed by atoms with Crippen LogP contribution in [0.3, 0.4) is 0 Å². The smallest absolute Gasteiger partial charge is 0.325 e. The molecule has 14 nitrogen and oxygen atoms in total. The Bertz CT molecular complexity index is 686. The number of carbonyl (C=O) groups excluding carboxylic acids is 4. The van der Waals surface area contributed by atoms with Gasteiger partial charge in [-0.05, 0) is 26.3 Å². The molecule has 4 amide bonds. The molecule has 0 aromatic carbocycles. The van der Waals surface area contributed by atoms with Crippen LogP contribution in [0.1, 0.15) is 39.0 Å². The van der Waals surface area contributed by atoms with Gasteiger partial charge >= 0.3 is 11.9 Å². The van der Waals surface area contributed by atoms with Gasteiger partial charge in [0.15, 0.2) is 0 Å². The van der Waals surface area contributed by atoms with Crippen molar-refractivity contribution in [1.82, 2.24) is 16.0 Å². The summed E-state index contributed by atoms with van der Waals surface area (Å²) in [5.41, 5.74) is 16.1. The van der Waals surface area contributed by atoms with Gasteiger partial charge in [-0.1, -0.05) is 6.42 Å². The van der Waals surface area contributed by atoms with Crippen molar-refractivity contribution in [2.75, 3.05) is 6.54 Å². The molecule has 4 atom stereocenters. The Hall–Kier alpha value is -3.26. The standard InChI is InChI=1S/C17H30N6O8/c1-8(17(30)31)21-15(28)10(6-12(20)24)23-16(29)11(7-13(25)26)22-14(27)9(19)4-2-3-5-18/h8-11H,2-7,18-19H2,1H3,(H2,20,24)(H,21,28)(H,22,27)(H,23,29)(H,25,26)(H,30,31). The van der Waals surface area contributed by atoms with Crippen molar-refractivity contribution < 1.29 is 39.0 Å². The Kier molecular flexibility index (Phi) is 12.4. The van der Waals surface area contributed by atoms with Gasteiger partial charge in [-0.15, -0.1) is 0 Å². The van der Waals surface area contributed by atoms with Crippen molar-refractivity contribution in [3.63, 3.8) is 0 Å². The maximum Gasteiger partial charge on any atom is 0.325 e. The zero-order valence-electron chi connectivity index (χ0n) is 17.1. The molecule has 0 aromatic rings.